The summed E-state index contributed by atoms with van der Waals surface area (Å²) in [6, 6.07) is 14.0. The second kappa shape index (κ2) is 8.13. The molecule has 0 heterocycles. The van der Waals surface area contributed by atoms with Crippen LogP contribution in [-0.2, 0) is 0 Å². The molecule has 0 bridgehead atoms. The van der Waals surface area contributed by atoms with Gasteiger partial charge < -0.3 is 10.1 Å². The number of unbranched alkanes of at least 4 members (excludes halogenated alkanes) is 1. The summed E-state index contributed by atoms with van der Waals surface area (Å²) in [5.41, 5.74) is 1.54. The van der Waals surface area contributed by atoms with E-state index in [4.69, 9.17) is 4.74 Å². The lowest BCUT2D eigenvalue weighted by Crippen LogP contribution is -2.14. The predicted molar refractivity (Wildman–Crippen MR) is 91.2 cm³/mol. The Morgan fingerprint density at radius 2 is 1.74 bits per heavy atom. The fourth-order valence-corrected chi connectivity index (χ4v) is 2.13. The van der Waals surface area contributed by atoms with Crippen LogP contribution >= 0.6 is 0 Å². The van der Waals surface area contributed by atoms with Gasteiger partial charge in [-0.25, -0.2) is 0 Å². The van der Waals surface area contributed by atoms with Crippen molar-refractivity contribution in [2.45, 2.75) is 26.7 Å². The van der Waals surface area contributed by atoms with Crippen molar-refractivity contribution in [3.05, 3.63) is 59.7 Å². The molecule has 1 amide bonds. The molecule has 0 aromatic heterocycles. The third-order valence-corrected chi connectivity index (χ3v) is 3.44. The van der Waals surface area contributed by atoms with E-state index in [1.807, 2.05) is 0 Å². The van der Waals surface area contributed by atoms with Crippen LogP contribution in [0.2, 0.25) is 0 Å². The Morgan fingerprint density at radius 1 is 1.04 bits per heavy atom. The minimum absolute atomic E-state index is 0.0828. The number of carbonyl (C=O) groups is 2. The molecule has 0 spiro atoms. The van der Waals surface area contributed by atoms with Gasteiger partial charge in [0.05, 0.1) is 12.3 Å². The normalized spacial score (nSPS) is 10.2. The number of nitrogens with one attached hydrogen (secondary N) is 1. The maximum Gasteiger partial charge on any atom is 0.255 e. The number of amides is 1. The second-order valence-electron chi connectivity index (χ2n) is 5.28. The summed E-state index contributed by atoms with van der Waals surface area (Å²) in [6.45, 7) is 4.26. The number of para-hydroxylation sites is 1. The maximum absolute atomic E-state index is 12.3. The Hall–Kier alpha value is -2.62. The molecule has 0 aliphatic heterocycles. The van der Waals surface area contributed by atoms with Gasteiger partial charge in [0.1, 0.15) is 5.75 Å². The Labute approximate surface area is 136 Å². The second-order valence-corrected chi connectivity index (χ2v) is 5.28. The van der Waals surface area contributed by atoms with E-state index in [1.54, 1.807) is 48.5 Å². The molecule has 0 saturated heterocycles. The van der Waals surface area contributed by atoms with Gasteiger partial charge in [-0.15, -0.1) is 0 Å². The number of rotatable bonds is 7. The van der Waals surface area contributed by atoms with E-state index >= 15 is 0 Å². The Balaban J connectivity index is 2.05. The van der Waals surface area contributed by atoms with Crippen molar-refractivity contribution >= 4 is 17.4 Å². The molecule has 0 fully saturated rings. The summed E-state index contributed by atoms with van der Waals surface area (Å²) in [7, 11) is 0. The van der Waals surface area contributed by atoms with Crippen molar-refractivity contribution in [2.24, 2.45) is 0 Å². The minimum Gasteiger partial charge on any atom is -0.494 e. The van der Waals surface area contributed by atoms with Gasteiger partial charge in [0.25, 0.3) is 5.91 Å². The number of anilines is 1. The van der Waals surface area contributed by atoms with Crippen LogP contribution in [-0.4, -0.2) is 18.3 Å². The third-order valence-electron chi connectivity index (χ3n) is 3.44. The fourth-order valence-electron chi connectivity index (χ4n) is 2.13. The molecule has 0 aliphatic carbocycles. The number of hydrogen-bond donors (Lipinski definition) is 1. The van der Waals surface area contributed by atoms with Crippen molar-refractivity contribution in [1.82, 2.24) is 0 Å². The van der Waals surface area contributed by atoms with Crippen LogP contribution in [0.4, 0.5) is 5.69 Å². The average Bonchev–Trinajstić information content (AvgIpc) is 2.56. The smallest absolute Gasteiger partial charge is 0.255 e. The van der Waals surface area contributed by atoms with Gasteiger partial charge in [-0.3, -0.25) is 9.59 Å². The molecule has 0 unspecified atom stereocenters. The number of ether oxygens (including phenoxy) is 1. The Morgan fingerprint density at radius 3 is 2.39 bits per heavy atom. The number of benzene rings is 2. The standard InChI is InChI=1S/C19H21NO3/c1-3-4-13-23-16-11-9-15(10-12-16)19(22)20-18-8-6-5-7-17(18)14(2)21/h5-12H,3-4,13H2,1-2H3,(H,20,22). The lowest BCUT2D eigenvalue weighted by molar-refractivity contribution is 0.101. The highest BCUT2D eigenvalue weighted by Crippen LogP contribution is 2.18. The van der Waals surface area contributed by atoms with Gasteiger partial charge in [-0.2, -0.15) is 0 Å². The van der Waals surface area contributed by atoms with Gasteiger partial charge in [0, 0.05) is 11.1 Å². The van der Waals surface area contributed by atoms with Gasteiger partial charge in [-0.05, 0) is 49.7 Å². The highest BCUT2D eigenvalue weighted by atomic mass is 16.5. The van der Waals surface area contributed by atoms with Gasteiger partial charge in [0.15, 0.2) is 5.78 Å². The topological polar surface area (TPSA) is 55.4 Å². The molecule has 23 heavy (non-hydrogen) atoms. The van der Waals surface area contributed by atoms with Crippen molar-refractivity contribution in [3.63, 3.8) is 0 Å². The number of Topliss-reactive ketones (excluding diaryl/α,β-unsaturated/α-hetero) is 1. The lowest BCUT2D eigenvalue weighted by Gasteiger charge is -2.10. The summed E-state index contributed by atoms with van der Waals surface area (Å²) >= 11 is 0. The van der Waals surface area contributed by atoms with Crippen molar-refractivity contribution in [2.75, 3.05) is 11.9 Å². The number of hydrogen-bond acceptors (Lipinski definition) is 3. The summed E-state index contributed by atoms with van der Waals surface area (Å²) in [5.74, 6) is 0.415. The molecule has 2 rings (SSSR count). The van der Waals surface area contributed by atoms with Crippen LogP contribution in [0.3, 0.4) is 0 Å². The molecule has 120 valence electrons. The molecule has 2 aromatic rings. The van der Waals surface area contributed by atoms with E-state index < -0.39 is 0 Å². The summed E-state index contributed by atoms with van der Waals surface area (Å²) < 4.78 is 5.57. The van der Waals surface area contributed by atoms with Crippen LogP contribution in [0.15, 0.2) is 48.5 Å². The van der Waals surface area contributed by atoms with Gasteiger partial charge in [0.2, 0.25) is 0 Å². The van der Waals surface area contributed by atoms with E-state index in [-0.39, 0.29) is 11.7 Å². The van der Waals surface area contributed by atoms with E-state index in [0.717, 1.165) is 18.6 Å². The fraction of sp³-hybridized carbons (Fsp3) is 0.263. The van der Waals surface area contributed by atoms with Gasteiger partial charge >= 0.3 is 0 Å². The summed E-state index contributed by atoms with van der Waals surface area (Å²) in [4.78, 5) is 23.9. The zero-order chi connectivity index (χ0) is 16.7. The van der Waals surface area contributed by atoms with Crippen molar-refractivity contribution in [1.29, 1.82) is 0 Å². The van der Waals surface area contributed by atoms with E-state index in [1.165, 1.54) is 6.92 Å². The third kappa shape index (κ3) is 4.68. The molecule has 2 aromatic carbocycles. The zero-order valence-electron chi connectivity index (χ0n) is 13.5. The molecule has 0 aliphatic rings. The molecule has 4 nitrogen and oxygen atoms in total. The zero-order valence-corrected chi connectivity index (χ0v) is 13.5. The molecule has 0 radical (unpaired) electrons. The highest BCUT2D eigenvalue weighted by Gasteiger charge is 2.11. The monoisotopic (exact) mass is 311 g/mol. The first-order valence-corrected chi connectivity index (χ1v) is 7.76. The SMILES string of the molecule is CCCCOc1ccc(C(=O)Nc2ccccc2C(C)=O)cc1. The molecular weight excluding hydrogens is 290 g/mol. The van der Waals surface area contributed by atoms with Crippen molar-refractivity contribution < 1.29 is 14.3 Å². The molecule has 4 heteroatoms. The van der Waals surface area contributed by atoms with E-state index in [2.05, 4.69) is 12.2 Å². The largest absolute Gasteiger partial charge is 0.494 e. The predicted octanol–water partition coefficient (Wildman–Crippen LogP) is 4.32. The summed E-state index contributed by atoms with van der Waals surface area (Å²) in [5, 5.41) is 2.78. The van der Waals surface area contributed by atoms with Gasteiger partial charge in [-0.1, -0.05) is 25.5 Å². The summed E-state index contributed by atoms with van der Waals surface area (Å²) in [6.07, 6.45) is 2.08. The maximum atomic E-state index is 12.3. The van der Waals surface area contributed by atoms with Crippen LogP contribution in [0.25, 0.3) is 0 Å². The Kier molecular flexibility index (Phi) is 5.92. The van der Waals surface area contributed by atoms with Crippen LogP contribution < -0.4 is 10.1 Å². The van der Waals surface area contributed by atoms with E-state index in [9.17, 15) is 9.59 Å². The van der Waals surface area contributed by atoms with Crippen LogP contribution in [0, 0.1) is 0 Å². The molecular formula is C19H21NO3. The average molecular weight is 311 g/mol. The molecule has 1 N–H and O–H groups in total. The number of carbonyl (C=O) groups excluding carboxylic acids is 2. The minimum atomic E-state index is -0.251. The first-order valence-electron chi connectivity index (χ1n) is 7.76. The van der Waals surface area contributed by atoms with Crippen molar-refractivity contribution in [3.8, 4) is 5.75 Å². The lowest BCUT2D eigenvalue weighted by atomic mass is 10.1. The first-order chi connectivity index (χ1) is 11.1. The molecule has 0 saturated carbocycles. The molecule has 0 atom stereocenters. The first kappa shape index (κ1) is 16.7. The number of ketones is 1. The quantitative estimate of drug-likeness (QED) is 0.612. The highest BCUT2D eigenvalue weighted by molar-refractivity contribution is 6.09. The Bertz CT molecular complexity index is 677. The van der Waals surface area contributed by atoms with Crippen LogP contribution in [0.5, 0.6) is 5.75 Å². The van der Waals surface area contributed by atoms with Crippen LogP contribution in [0.1, 0.15) is 47.4 Å². The van der Waals surface area contributed by atoms with E-state index in [0.29, 0.717) is 23.4 Å².